The average Bonchev–Trinajstić information content (AvgIpc) is 2.74. The maximum atomic E-state index is 12.7. The molecule has 104 valence electrons. The van der Waals surface area contributed by atoms with Crippen LogP contribution in [0.4, 0.5) is 0 Å². The van der Waals surface area contributed by atoms with Gasteiger partial charge in [0.2, 0.25) is 0 Å². The molecule has 0 N–H and O–H groups in total. The predicted molar refractivity (Wildman–Crippen MR) is 73.6 cm³/mol. The number of hydrogen-bond acceptors (Lipinski definition) is 2. The summed E-state index contributed by atoms with van der Waals surface area (Å²) in [6, 6.07) is 0. The smallest absolute Gasteiger partial charge is 0.164 e. The predicted octanol–water partition coefficient (Wildman–Crippen LogP) is 4.27. The molecule has 0 radical (unpaired) electrons. The van der Waals surface area contributed by atoms with Crippen molar-refractivity contribution in [2.45, 2.75) is 83.2 Å². The molecule has 0 amide bonds. The first-order valence-corrected chi connectivity index (χ1v) is 7.94. The van der Waals surface area contributed by atoms with Gasteiger partial charge in [0, 0.05) is 13.0 Å². The fourth-order valence-electron chi connectivity index (χ4n) is 3.74. The Morgan fingerprint density at radius 1 is 1.06 bits per heavy atom. The SMILES string of the molecule is CCOC1(C(=O)CC2CCCC2)CCCCCC1. The maximum absolute atomic E-state index is 12.7. The second-order valence-electron chi connectivity index (χ2n) is 6.12. The number of Topliss-reactive ketones (excluding diaryl/α,β-unsaturated/α-hetero) is 1. The minimum Gasteiger partial charge on any atom is -0.368 e. The van der Waals surface area contributed by atoms with Gasteiger partial charge in [0.05, 0.1) is 0 Å². The number of ether oxygens (including phenoxy) is 1. The first kappa shape index (κ1) is 14.0. The zero-order valence-electron chi connectivity index (χ0n) is 11.9. The first-order chi connectivity index (χ1) is 8.77. The molecule has 0 saturated heterocycles. The van der Waals surface area contributed by atoms with Gasteiger partial charge in [-0.15, -0.1) is 0 Å². The van der Waals surface area contributed by atoms with Crippen molar-refractivity contribution in [1.82, 2.24) is 0 Å². The van der Waals surface area contributed by atoms with Crippen LogP contribution in [0.3, 0.4) is 0 Å². The van der Waals surface area contributed by atoms with E-state index >= 15 is 0 Å². The van der Waals surface area contributed by atoms with Crippen LogP contribution in [0.2, 0.25) is 0 Å². The summed E-state index contributed by atoms with van der Waals surface area (Å²) in [6.45, 7) is 2.70. The summed E-state index contributed by atoms with van der Waals surface area (Å²) < 4.78 is 5.97. The van der Waals surface area contributed by atoms with Crippen molar-refractivity contribution in [3.63, 3.8) is 0 Å². The first-order valence-electron chi connectivity index (χ1n) is 7.94. The fraction of sp³-hybridized carbons (Fsp3) is 0.938. The molecular weight excluding hydrogens is 224 g/mol. The molecule has 0 aromatic rings. The molecule has 2 aliphatic carbocycles. The van der Waals surface area contributed by atoms with Gasteiger partial charge in [-0.3, -0.25) is 4.79 Å². The zero-order chi connectivity index (χ0) is 12.8. The highest BCUT2D eigenvalue weighted by Crippen LogP contribution is 2.36. The molecule has 0 spiro atoms. The number of carbonyl (C=O) groups excluding carboxylic acids is 1. The lowest BCUT2D eigenvalue weighted by molar-refractivity contribution is -0.147. The van der Waals surface area contributed by atoms with Gasteiger partial charge in [-0.1, -0.05) is 51.4 Å². The Bertz CT molecular complexity index is 258. The lowest BCUT2D eigenvalue weighted by Crippen LogP contribution is -2.42. The molecule has 0 aromatic carbocycles. The number of rotatable bonds is 5. The summed E-state index contributed by atoms with van der Waals surface area (Å²) in [7, 11) is 0. The van der Waals surface area contributed by atoms with Crippen LogP contribution in [0.5, 0.6) is 0 Å². The molecular formula is C16H28O2. The summed E-state index contributed by atoms with van der Waals surface area (Å²) in [5.41, 5.74) is -0.409. The molecule has 0 aromatic heterocycles. The van der Waals surface area contributed by atoms with Crippen molar-refractivity contribution in [3.05, 3.63) is 0 Å². The van der Waals surface area contributed by atoms with Crippen molar-refractivity contribution in [3.8, 4) is 0 Å². The molecule has 2 nitrogen and oxygen atoms in total. The van der Waals surface area contributed by atoms with E-state index in [2.05, 4.69) is 0 Å². The molecule has 2 aliphatic rings. The van der Waals surface area contributed by atoms with Crippen LogP contribution in [-0.2, 0) is 9.53 Å². The van der Waals surface area contributed by atoms with Gasteiger partial charge in [0.25, 0.3) is 0 Å². The molecule has 0 unspecified atom stereocenters. The lowest BCUT2D eigenvalue weighted by Gasteiger charge is -2.32. The third kappa shape index (κ3) is 3.34. The van der Waals surface area contributed by atoms with E-state index in [0.29, 0.717) is 18.3 Å². The molecule has 2 saturated carbocycles. The third-order valence-electron chi connectivity index (χ3n) is 4.79. The van der Waals surface area contributed by atoms with Crippen molar-refractivity contribution < 1.29 is 9.53 Å². The van der Waals surface area contributed by atoms with Crippen molar-refractivity contribution in [1.29, 1.82) is 0 Å². The van der Waals surface area contributed by atoms with E-state index in [9.17, 15) is 4.79 Å². The lowest BCUT2D eigenvalue weighted by atomic mass is 9.84. The Balaban J connectivity index is 1.99. The van der Waals surface area contributed by atoms with Crippen LogP contribution in [0.25, 0.3) is 0 Å². The van der Waals surface area contributed by atoms with E-state index in [4.69, 9.17) is 4.74 Å². The average molecular weight is 252 g/mol. The largest absolute Gasteiger partial charge is 0.368 e. The highest BCUT2D eigenvalue weighted by atomic mass is 16.5. The summed E-state index contributed by atoms with van der Waals surface area (Å²) in [5.74, 6) is 1.07. The summed E-state index contributed by atoms with van der Waals surface area (Å²) in [5, 5.41) is 0. The molecule has 0 bridgehead atoms. The van der Waals surface area contributed by atoms with Crippen molar-refractivity contribution in [2.24, 2.45) is 5.92 Å². The number of ketones is 1. The monoisotopic (exact) mass is 252 g/mol. The van der Waals surface area contributed by atoms with Crippen LogP contribution in [0.1, 0.15) is 77.6 Å². The van der Waals surface area contributed by atoms with E-state index in [-0.39, 0.29) is 0 Å². The molecule has 0 atom stereocenters. The quantitative estimate of drug-likeness (QED) is 0.683. The van der Waals surface area contributed by atoms with Crippen LogP contribution in [-0.4, -0.2) is 18.0 Å². The number of carbonyl (C=O) groups is 1. The highest BCUT2D eigenvalue weighted by Gasteiger charge is 2.39. The molecule has 0 aliphatic heterocycles. The second-order valence-corrected chi connectivity index (χ2v) is 6.12. The molecule has 0 heterocycles. The molecule has 18 heavy (non-hydrogen) atoms. The highest BCUT2D eigenvalue weighted by molar-refractivity contribution is 5.87. The standard InChI is InChI=1S/C16H28O2/c1-2-18-16(11-7-3-4-8-12-16)15(17)13-14-9-5-6-10-14/h14H,2-13H2,1H3. The topological polar surface area (TPSA) is 26.3 Å². The van der Waals surface area contributed by atoms with Crippen LogP contribution >= 0.6 is 0 Å². The van der Waals surface area contributed by atoms with Crippen LogP contribution in [0.15, 0.2) is 0 Å². The zero-order valence-corrected chi connectivity index (χ0v) is 11.9. The Hall–Kier alpha value is -0.370. The van der Waals surface area contributed by atoms with E-state index in [1.807, 2.05) is 6.92 Å². The van der Waals surface area contributed by atoms with Crippen molar-refractivity contribution in [2.75, 3.05) is 6.61 Å². The Kier molecular flexibility index (Phi) is 5.23. The van der Waals surface area contributed by atoms with Gasteiger partial charge in [-0.05, 0) is 25.7 Å². The minimum absolute atomic E-state index is 0.409. The van der Waals surface area contributed by atoms with Crippen LogP contribution in [0, 0.1) is 5.92 Å². The Labute approximate surface area is 111 Å². The van der Waals surface area contributed by atoms with Gasteiger partial charge in [-0.25, -0.2) is 0 Å². The van der Waals surface area contributed by atoms with E-state index in [1.165, 1.54) is 38.5 Å². The fourth-order valence-corrected chi connectivity index (χ4v) is 3.74. The summed E-state index contributed by atoms with van der Waals surface area (Å²) in [4.78, 5) is 12.7. The van der Waals surface area contributed by atoms with Crippen LogP contribution < -0.4 is 0 Å². The van der Waals surface area contributed by atoms with Gasteiger partial charge in [-0.2, -0.15) is 0 Å². The molecule has 2 heteroatoms. The van der Waals surface area contributed by atoms with Gasteiger partial charge in [0.1, 0.15) is 5.60 Å². The van der Waals surface area contributed by atoms with Gasteiger partial charge in [0.15, 0.2) is 5.78 Å². The third-order valence-corrected chi connectivity index (χ3v) is 4.79. The summed E-state index contributed by atoms with van der Waals surface area (Å²) >= 11 is 0. The van der Waals surface area contributed by atoms with E-state index in [0.717, 1.165) is 32.1 Å². The molecule has 2 rings (SSSR count). The van der Waals surface area contributed by atoms with Gasteiger partial charge < -0.3 is 4.74 Å². The van der Waals surface area contributed by atoms with E-state index in [1.54, 1.807) is 0 Å². The second kappa shape index (κ2) is 6.70. The normalized spacial score (nSPS) is 24.9. The Morgan fingerprint density at radius 2 is 1.67 bits per heavy atom. The van der Waals surface area contributed by atoms with Crippen molar-refractivity contribution >= 4 is 5.78 Å². The summed E-state index contributed by atoms with van der Waals surface area (Å²) in [6.07, 6.45) is 12.7. The van der Waals surface area contributed by atoms with Gasteiger partial charge >= 0.3 is 0 Å². The maximum Gasteiger partial charge on any atom is 0.164 e. The number of hydrogen-bond donors (Lipinski definition) is 0. The molecule has 2 fully saturated rings. The van der Waals surface area contributed by atoms with E-state index < -0.39 is 5.60 Å². The minimum atomic E-state index is -0.409. The Morgan fingerprint density at radius 3 is 2.22 bits per heavy atom.